The van der Waals surface area contributed by atoms with Gasteiger partial charge in [0, 0.05) is 26.3 Å². The van der Waals surface area contributed by atoms with Crippen molar-refractivity contribution in [1.29, 1.82) is 0 Å². The van der Waals surface area contributed by atoms with Gasteiger partial charge in [0.15, 0.2) is 0 Å². The van der Waals surface area contributed by atoms with Crippen LogP contribution in [0.5, 0.6) is 5.75 Å². The predicted octanol–water partition coefficient (Wildman–Crippen LogP) is 7.72. The van der Waals surface area contributed by atoms with Crippen LogP contribution in [0.4, 0.5) is 36.3 Å². The lowest BCUT2D eigenvalue weighted by atomic mass is 9.77. The number of aromatic nitrogens is 2. The number of likely N-dealkylation sites (N-methyl/N-ethyl adjacent to an activating group) is 1. The zero-order valence-electron chi connectivity index (χ0n) is 31.4. The number of ether oxygens (including phenoxy) is 2. The molecule has 1 fully saturated rings. The Hall–Kier alpha value is -4.24. The molecule has 2 aromatic carbocycles. The molecule has 294 valence electrons. The maximum Gasteiger partial charge on any atom is 0.421 e. The number of carbonyl (C=O) groups is 2. The van der Waals surface area contributed by atoms with E-state index in [1.54, 1.807) is 45.2 Å². The highest BCUT2D eigenvalue weighted by Crippen LogP contribution is 2.52. The fourth-order valence-corrected chi connectivity index (χ4v) is 8.52. The third-order valence-corrected chi connectivity index (χ3v) is 11.5. The van der Waals surface area contributed by atoms with Crippen molar-refractivity contribution in [3.05, 3.63) is 64.3 Å². The molecule has 1 amide bonds. The van der Waals surface area contributed by atoms with Crippen LogP contribution in [-0.4, -0.2) is 86.3 Å². The number of nitrogens with zero attached hydrogens (tertiary/aromatic N) is 4. The normalized spacial score (nSPS) is 17.4. The second-order valence-electron chi connectivity index (χ2n) is 13.6. The SMILES string of the molecule is CCOP(=O)(Cc1ccc(Nc2ncc(C(F)(F)F)c(Nc3ccc(C4CCC(C(=O)OCCN(C)C)CC4)c4c3C(=O)N(C)C4)n2)c(OC)c1)OCC. The smallest absolute Gasteiger partial charge is 0.421 e. The van der Waals surface area contributed by atoms with Crippen LogP contribution in [0.2, 0.25) is 0 Å². The maximum atomic E-state index is 14.3. The summed E-state index contributed by atoms with van der Waals surface area (Å²) in [7, 11) is 3.47. The lowest BCUT2D eigenvalue weighted by Gasteiger charge is -2.29. The Morgan fingerprint density at radius 3 is 2.35 bits per heavy atom. The molecule has 2 heterocycles. The molecule has 0 unspecified atom stereocenters. The Kier molecular flexibility index (Phi) is 13.3. The Morgan fingerprint density at radius 1 is 1.04 bits per heavy atom. The maximum absolute atomic E-state index is 14.3. The van der Waals surface area contributed by atoms with Crippen LogP contribution in [-0.2, 0) is 42.0 Å². The summed E-state index contributed by atoms with van der Waals surface area (Å²) in [5, 5.41) is 5.73. The molecule has 2 N–H and O–H groups in total. The third kappa shape index (κ3) is 9.70. The number of anilines is 4. The zero-order valence-corrected chi connectivity index (χ0v) is 32.3. The van der Waals surface area contributed by atoms with Gasteiger partial charge in [-0.1, -0.05) is 12.1 Å². The van der Waals surface area contributed by atoms with E-state index in [1.807, 2.05) is 25.1 Å². The second kappa shape index (κ2) is 17.5. The monoisotopic (exact) mass is 776 g/mol. The van der Waals surface area contributed by atoms with E-state index < -0.39 is 25.2 Å². The van der Waals surface area contributed by atoms with Crippen LogP contribution in [0.25, 0.3) is 0 Å². The van der Waals surface area contributed by atoms with Crippen LogP contribution in [0, 0.1) is 5.92 Å². The molecule has 3 aromatic rings. The molecule has 1 aliphatic heterocycles. The first-order chi connectivity index (χ1) is 25.7. The number of rotatable bonds is 16. The van der Waals surface area contributed by atoms with E-state index in [4.69, 9.17) is 18.5 Å². The number of benzene rings is 2. The first kappa shape index (κ1) is 40.9. The first-order valence-corrected chi connectivity index (χ1v) is 19.6. The Labute approximate surface area is 313 Å². The van der Waals surface area contributed by atoms with Crippen molar-refractivity contribution in [2.75, 3.05) is 65.3 Å². The number of alkyl halides is 3. The van der Waals surface area contributed by atoms with Crippen molar-refractivity contribution in [3.8, 4) is 5.75 Å². The van der Waals surface area contributed by atoms with Gasteiger partial charge in [0.2, 0.25) is 5.95 Å². The lowest BCUT2D eigenvalue weighted by molar-refractivity contribution is -0.150. The van der Waals surface area contributed by atoms with Gasteiger partial charge in [0.25, 0.3) is 5.91 Å². The number of hydrogen-bond donors (Lipinski definition) is 2. The molecule has 0 saturated heterocycles. The summed E-state index contributed by atoms with van der Waals surface area (Å²) in [6.45, 7) is 5.11. The predicted molar refractivity (Wildman–Crippen MR) is 198 cm³/mol. The molecule has 0 radical (unpaired) electrons. The van der Waals surface area contributed by atoms with Crippen molar-refractivity contribution in [1.82, 2.24) is 19.8 Å². The number of halogens is 3. The van der Waals surface area contributed by atoms with Gasteiger partial charge < -0.3 is 39.0 Å². The number of amides is 1. The van der Waals surface area contributed by atoms with Gasteiger partial charge in [0.1, 0.15) is 23.7 Å². The molecule has 0 atom stereocenters. The van der Waals surface area contributed by atoms with E-state index in [0.29, 0.717) is 68.6 Å². The van der Waals surface area contributed by atoms with Crippen molar-refractivity contribution >= 4 is 42.6 Å². The van der Waals surface area contributed by atoms with Gasteiger partial charge in [-0.15, -0.1) is 0 Å². The van der Waals surface area contributed by atoms with E-state index in [1.165, 1.54) is 12.0 Å². The quantitative estimate of drug-likeness (QED) is 0.109. The van der Waals surface area contributed by atoms with Crippen LogP contribution in [0.15, 0.2) is 36.5 Å². The molecule has 5 rings (SSSR count). The summed E-state index contributed by atoms with van der Waals surface area (Å²) in [5.74, 6) is -1.06. The van der Waals surface area contributed by atoms with Gasteiger partial charge in [0.05, 0.1) is 49.3 Å². The summed E-state index contributed by atoms with van der Waals surface area (Å²) in [5.41, 5.74) is 1.98. The topological polar surface area (TPSA) is 144 Å². The summed E-state index contributed by atoms with van der Waals surface area (Å²) in [4.78, 5) is 37.8. The Morgan fingerprint density at radius 2 is 1.72 bits per heavy atom. The lowest BCUT2D eigenvalue weighted by Crippen LogP contribution is -2.26. The minimum atomic E-state index is -4.81. The number of nitrogens with one attached hydrogen (secondary N) is 2. The highest BCUT2D eigenvalue weighted by atomic mass is 31.2. The molecule has 13 nitrogen and oxygen atoms in total. The van der Waals surface area contributed by atoms with Crippen LogP contribution >= 0.6 is 7.60 Å². The fraction of sp³-hybridized carbons (Fsp3) is 0.514. The molecular weight excluding hydrogens is 728 g/mol. The molecule has 1 aliphatic carbocycles. The molecule has 1 saturated carbocycles. The summed E-state index contributed by atoms with van der Waals surface area (Å²) < 4.78 is 77.8. The van der Waals surface area contributed by atoms with Crippen LogP contribution in [0.3, 0.4) is 0 Å². The number of carbonyl (C=O) groups excluding carboxylic acids is 2. The average molecular weight is 777 g/mol. The first-order valence-electron chi connectivity index (χ1n) is 17.9. The second-order valence-corrected chi connectivity index (χ2v) is 15.6. The average Bonchev–Trinajstić information content (AvgIpc) is 3.42. The third-order valence-electron chi connectivity index (χ3n) is 9.48. The largest absolute Gasteiger partial charge is 0.495 e. The van der Waals surface area contributed by atoms with Crippen molar-refractivity contribution < 1.29 is 45.8 Å². The highest BCUT2D eigenvalue weighted by molar-refractivity contribution is 7.53. The summed E-state index contributed by atoms with van der Waals surface area (Å²) in [6.07, 6.45) is -1.44. The van der Waals surface area contributed by atoms with Crippen LogP contribution in [0.1, 0.15) is 78.1 Å². The van der Waals surface area contributed by atoms with Crippen LogP contribution < -0.4 is 15.4 Å². The number of fused-ring (bicyclic) bond motifs is 1. The molecule has 0 bridgehead atoms. The standard InChI is InChI=1S/C37H48F3N6O7P/c1-7-52-54(49,53-8-2)22-23-9-15-29(31(19-23)50-6)43-36-41-20-28(37(38,39)40)33(44-36)42-30-16-14-26(27-21-46(5)34(47)32(27)30)24-10-12-25(13-11-24)35(48)51-18-17-45(3)4/h9,14-16,19-20,24-25H,7-8,10-13,17-18,21-22H2,1-6H3,(H2,41,42,43,44). The van der Waals surface area contributed by atoms with Gasteiger partial charge >= 0.3 is 19.7 Å². The van der Waals surface area contributed by atoms with E-state index in [0.717, 1.165) is 11.1 Å². The minimum absolute atomic E-state index is 0.0135. The van der Waals surface area contributed by atoms with Gasteiger partial charge in [-0.05, 0) is 94.4 Å². The zero-order chi connectivity index (χ0) is 39.2. The summed E-state index contributed by atoms with van der Waals surface area (Å²) >= 11 is 0. The van der Waals surface area contributed by atoms with Gasteiger partial charge in [-0.3, -0.25) is 14.2 Å². The number of esters is 1. The molecule has 54 heavy (non-hydrogen) atoms. The Balaban J connectivity index is 1.39. The number of methoxy groups -OCH3 is 1. The number of hydrogen-bond acceptors (Lipinski definition) is 12. The van der Waals surface area contributed by atoms with Crippen molar-refractivity contribution in [3.63, 3.8) is 0 Å². The molecule has 1 aromatic heterocycles. The van der Waals surface area contributed by atoms with Gasteiger partial charge in [-0.25, -0.2) is 4.98 Å². The molecule has 2 aliphatic rings. The van der Waals surface area contributed by atoms with E-state index in [2.05, 4.69) is 20.6 Å². The Bertz CT molecular complexity index is 1860. The molecular formula is C37H48F3N6O7P. The van der Waals surface area contributed by atoms with E-state index >= 15 is 0 Å². The molecule has 0 spiro atoms. The highest BCUT2D eigenvalue weighted by Gasteiger charge is 2.38. The van der Waals surface area contributed by atoms with Gasteiger partial charge in [-0.2, -0.15) is 18.2 Å². The van der Waals surface area contributed by atoms with E-state index in [9.17, 15) is 27.3 Å². The summed E-state index contributed by atoms with van der Waals surface area (Å²) in [6, 6.07) is 8.35. The van der Waals surface area contributed by atoms with Crippen molar-refractivity contribution in [2.24, 2.45) is 5.92 Å². The van der Waals surface area contributed by atoms with E-state index in [-0.39, 0.29) is 60.3 Å². The minimum Gasteiger partial charge on any atom is -0.495 e. The fourth-order valence-electron chi connectivity index (χ4n) is 6.83. The van der Waals surface area contributed by atoms with Crippen molar-refractivity contribution in [2.45, 2.75) is 64.3 Å². The molecule has 17 heteroatoms.